The van der Waals surface area contributed by atoms with Crippen LogP contribution in [-0.4, -0.2) is 16.3 Å². The van der Waals surface area contributed by atoms with Crippen molar-refractivity contribution < 1.29 is 0 Å². The molecule has 0 aromatic carbocycles. The molecule has 1 aliphatic rings. The van der Waals surface area contributed by atoms with Gasteiger partial charge < -0.3 is 11.1 Å². The third kappa shape index (κ3) is 2.15. The lowest BCUT2D eigenvalue weighted by Gasteiger charge is -2.12. The molecule has 16 heavy (non-hydrogen) atoms. The summed E-state index contributed by atoms with van der Waals surface area (Å²) in [5.41, 5.74) is 7.66. The van der Waals surface area contributed by atoms with Gasteiger partial charge in [0.1, 0.15) is 5.82 Å². The second-order valence-electron chi connectivity index (χ2n) is 5.14. The van der Waals surface area contributed by atoms with E-state index in [1.165, 1.54) is 19.3 Å². The van der Waals surface area contributed by atoms with Gasteiger partial charge in [0.25, 0.3) is 0 Å². The third-order valence-electron chi connectivity index (χ3n) is 3.63. The summed E-state index contributed by atoms with van der Waals surface area (Å²) in [5.74, 6) is 2.65. The van der Waals surface area contributed by atoms with Crippen LogP contribution in [0.15, 0.2) is 0 Å². The van der Waals surface area contributed by atoms with E-state index >= 15 is 0 Å². The standard InChI is InChI=1S/C12H22N4/c1-8-4-5-10(6-8)7-14-12-11(13)9(2)15-16(12)3/h8,10,14H,4-7,13H2,1-3H3. The lowest BCUT2D eigenvalue weighted by molar-refractivity contribution is 0.535. The largest absolute Gasteiger partial charge is 0.394 e. The lowest BCUT2D eigenvalue weighted by Crippen LogP contribution is -2.14. The van der Waals surface area contributed by atoms with Crippen LogP contribution in [0, 0.1) is 18.8 Å². The second-order valence-corrected chi connectivity index (χ2v) is 5.14. The molecule has 2 rings (SSSR count). The topological polar surface area (TPSA) is 55.9 Å². The van der Waals surface area contributed by atoms with Crippen molar-refractivity contribution in [1.82, 2.24) is 9.78 Å². The van der Waals surface area contributed by atoms with Crippen LogP contribution >= 0.6 is 0 Å². The highest BCUT2D eigenvalue weighted by atomic mass is 15.3. The quantitative estimate of drug-likeness (QED) is 0.824. The van der Waals surface area contributed by atoms with Crippen molar-refractivity contribution in [3.8, 4) is 0 Å². The number of nitrogen functional groups attached to an aromatic ring is 1. The minimum Gasteiger partial charge on any atom is -0.394 e. The number of hydrogen-bond acceptors (Lipinski definition) is 3. The molecule has 1 fully saturated rings. The molecule has 1 aliphatic carbocycles. The van der Waals surface area contributed by atoms with Gasteiger partial charge in [0.2, 0.25) is 0 Å². The number of aryl methyl sites for hydroxylation is 2. The Morgan fingerprint density at radius 3 is 2.75 bits per heavy atom. The van der Waals surface area contributed by atoms with Gasteiger partial charge in [-0.15, -0.1) is 0 Å². The maximum atomic E-state index is 5.97. The SMILES string of the molecule is Cc1nn(C)c(NCC2CCC(C)C2)c1N. The molecule has 0 amide bonds. The Hall–Kier alpha value is -1.19. The number of rotatable bonds is 3. The van der Waals surface area contributed by atoms with E-state index in [0.29, 0.717) is 0 Å². The Bertz CT molecular complexity index is 369. The summed E-state index contributed by atoms with van der Waals surface area (Å²) < 4.78 is 1.84. The summed E-state index contributed by atoms with van der Waals surface area (Å²) in [7, 11) is 1.93. The first-order valence-corrected chi connectivity index (χ1v) is 6.11. The highest BCUT2D eigenvalue weighted by molar-refractivity contribution is 5.64. The van der Waals surface area contributed by atoms with Gasteiger partial charge >= 0.3 is 0 Å². The third-order valence-corrected chi connectivity index (χ3v) is 3.63. The molecule has 0 aliphatic heterocycles. The van der Waals surface area contributed by atoms with Gasteiger partial charge in [0.05, 0.1) is 11.4 Å². The molecule has 1 aromatic rings. The Morgan fingerprint density at radius 1 is 1.50 bits per heavy atom. The van der Waals surface area contributed by atoms with E-state index in [-0.39, 0.29) is 0 Å². The fourth-order valence-corrected chi connectivity index (χ4v) is 2.64. The first-order chi connectivity index (χ1) is 7.58. The molecule has 2 unspecified atom stereocenters. The molecule has 3 N–H and O–H groups in total. The number of nitrogens with two attached hydrogens (primary N) is 1. The number of nitrogens with zero attached hydrogens (tertiary/aromatic N) is 2. The van der Waals surface area contributed by atoms with Crippen molar-refractivity contribution in [2.45, 2.75) is 33.1 Å². The second kappa shape index (κ2) is 4.36. The fraction of sp³-hybridized carbons (Fsp3) is 0.750. The van der Waals surface area contributed by atoms with Crippen LogP contribution in [-0.2, 0) is 7.05 Å². The lowest BCUT2D eigenvalue weighted by atomic mass is 10.1. The van der Waals surface area contributed by atoms with Crippen LogP contribution in [0.2, 0.25) is 0 Å². The van der Waals surface area contributed by atoms with E-state index in [0.717, 1.165) is 35.6 Å². The number of hydrogen-bond donors (Lipinski definition) is 2. The highest BCUT2D eigenvalue weighted by Crippen LogP contribution is 2.31. The predicted molar refractivity (Wildman–Crippen MR) is 67.4 cm³/mol. The van der Waals surface area contributed by atoms with Crippen LogP contribution in [0.1, 0.15) is 31.9 Å². The van der Waals surface area contributed by atoms with Gasteiger partial charge in [-0.25, -0.2) is 0 Å². The normalized spacial score (nSPS) is 24.9. The van der Waals surface area contributed by atoms with Gasteiger partial charge in [-0.1, -0.05) is 13.3 Å². The fourth-order valence-electron chi connectivity index (χ4n) is 2.64. The molecule has 1 heterocycles. The molecular formula is C12H22N4. The minimum absolute atomic E-state index is 0.786. The maximum absolute atomic E-state index is 5.97. The molecule has 1 aromatic heterocycles. The van der Waals surface area contributed by atoms with Crippen molar-refractivity contribution in [3.05, 3.63) is 5.69 Å². The molecule has 0 radical (unpaired) electrons. The Morgan fingerprint density at radius 2 is 2.25 bits per heavy atom. The zero-order chi connectivity index (χ0) is 11.7. The van der Waals surface area contributed by atoms with Crippen LogP contribution in [0.5, 0.6) is 0 Å². The van der Waals surface area contributed by atoms with Gasteiger partial charge in [-0.2, -0.15) is 5.10 Å². The molecule has 1 saturated carbocycles. The highest BCUT2D eigenvalue weighted by Gasteiger charge is 2.21. The molecule has 4 heteroatoms. The van der Waals surface area contributed by atoms with E-state index < -0.39 is 0 Å². The van der Waals surface area contributed by atoms with Crippen LogP contribution in [0.25, 0.3) is 0 Å². The summed E-state index contributed by atoms with van der Waals surface area (Å²) in [6.07, 6.45) is 4.04. The zero-order valence-electron chi connectivity index (χ0n) is 10.5. The van der Waals surface area contributed by atoms with Crippen LogP contribution in [0.4, 0.5) is 11.5 Å². The average Bonchev–Trinajstić information content (AvgIpc) is 2.72. The van der Waals surface area contributed by atoms with Crippen molar-refractivity contribution in [3.63, 3.8) is 0 Å². The molecule has 0 spiro atoms. The molecule has 4 nitrogen and oxygen atoms in total. The van der Waals surface area contributed by atoms with Crippen molar-refractivity contribution in [2.24, 2.45) is 18.9 Å². The summed E-state index contributed by atoms with van der Waals surface area (Å²) in [6, 6.07) is 0. The molecular weight excluding hydrogens is 200 g/mol. The van der Waals surface area contributed by atoms with E-state index in [2.05, 4.69) is 17.3 Å². The number of aromatic nitrogens is 2. The van der Waals surface area contributed by atoms with Gasteiger partial charge in [-0.3, -0.25) is 4.68 Å². The Balaban J connectivity index is 1.94. The Kier molecular flexibility index (Phi) is 3.08. The van der Waals surface area contributed by atoms with Crippen LogP contribution < -0.4 is 11.1 Å². The predicted octanol–water partition coefficient (Wildman–Crippen LogP) is 2.16. The smallest absolute Gasteiger partial charge is 0.147 e. The van der Waals surface area contributed by atoms with E-state index in [9.17, 15) is 0 Å². The van der Waals surface area contributed by atoms with Crippen molar-refractivity contribution >= 4 is 11.5 Å². The zero-order valence-corrected chi connectivity index (χ0v) is 10.5. The monoisotopic (exact) mass is 222 g/mol. The Labute approximate surface area is 97.2 Å². The number of nitrogens with one attached hydrogen (secondary N) is 1. The first-order valence-electron chi connectivity index (χ1n) is 6.11. The van der Waals surface area contributed by atoms with E-state index in [1.54, 1.807) is 0 Å². The van der Waals surface area contributed by atoms with E-state index in [1.807, 2.05) is 18.7 Å². The van der Waals surface area contributed by atoms with Crippen molar-refractivity contribution in [2.75, 3.05) is 17.6 Å². The van der Waals surface area contributed by atoms with E-state index in [4.69, 9.17) is 5.73 Å². The van der Waals surface area contributed by atoms with Gasteiger partial charge in [0.15, 0.2) is 0 Å². The molecule has 90 valence electrons. The molecule has 2 atom stereocenters. The summed E-state index contributed by atoms with van der Waals surface area (Å²) in [5, 5.41) is 7.74. The van der Waals surface area contributed by atoms with Crippen LogP contribution in [0.3, 0.4) is 0 Å². The molecule has 0 bridgehead atoms. The molecule has 0 saturated heterocycles. The first kappa shape index (κ1) is 11.3. The summed E-state index contributed by atoms with van der Waals surface area (Å²) >= 11 is 0. The number of anilines is 2. The maximum Gasteiger partial charge on any atom is 0.147 e. The van der Waals surface area contributed by atoms with Gasteiger partial charge in [-0.05, 0) is 31.6 Å². The average molecular weight is 222 g/mol. The van der Waals surface area contributed by atoms with Crippen molar-refractivity contribution in [1.29, 1.82) is 0 Å². The minimum atomic E-state index is 0.786. The van der Waals surface area contributed by atoms with Gasteiger partial charge in [0, 0.05) is 13.6 Å². The summed E-state index contributed by atoms with van der Waals surface area (Å²) in [4.78, 5) is 0. The summed E-state index contributed by atoms with van der Waals surface area (Å²) in [6.45, 7) is 5.30.